The molecule has 25 heavy (non-hydrogen) atoms. The average molecular weight is 382 g/mol. The summed E-state index contributed by atoms with van der Waals surface area (Å²) in [4.78, 5) is 2.58. The maximum Gasteiger partial charge on any atom is 0.243 e. The molecule has 0 unspecified atom stereocenters. The maximum absolute atomic E-state index is 12.7. The number of sulfonamides is 1. The molecule has 2 aliphatic heterocycles. The molecule has 2 aliphatic rings. The van der Waals surface area contributed by atoms with Crippen molar-refractivity contribution in [3.63, 3.8) is 0 Å². The molecule has 7 heteroatoms. The summed E-state index contributed by atoms with van der Waals surface area (Å²) in [6.45, 7) is 4.42. The van der Waals surface area contributed by atoms with Crippen molar-refractivity contribution in [3.8, 4) is 0 Å². The number of likely N-dealkylation sites (tertiary alicyclic amines) is 1. The lowest BCUT2D eigenvalue weighted by molar-refractivity contribution is 0.262. The first-order valence-corrected chi connectivity index (χ1v) is 11.0. The quantitative estimate of drug-likeness (QED) is 0.813. The molecule has 0 saturated carbocycles. The van der Waals surface area contributed by atoms with Gasteiger partial charge in [-0.3, -0.25) is 0 Å². The molecular weight excluding hydrogens is 354 g/mol. The van der Waals surface area contributed by atoms with Gasteiger partial charge < -0.3 is 10.2 Å². The van der Waals surface area contributed by atoms with Crippen LogP contribution in [0.25, 0.3) is 0 Å². The zero-order chi connectivity index (χ0) is 17.9. The minimum atomic E-state index is -3.37. The SMILES string of the molecule is C[C@H]1CCCCN1C(=S)Nc1ccc(S(=O)(=O)N2CCCCC2)cc1. The van der Waals surface area contributed by atoms with E-state index in [2.05, 4.69) is 17.1 Å². The summed E-state index contributed by atoms with van der Waals surface area (Å²) >= 11 is 5.53. The van der Waals surface area contributed by atoms with Crippen molar-refractivity contribution >= 4 is 33.0 Å². The van der Waals surface area contributed by atoms with Crippen LogP contribution in [-0.2, 0) is 10.0 Å². The van der Waals surface area contributed by atoms with Crippen molar-refractivity contribution in [1.82, 2.24) is 9.21 Å². The molecule has 1 atom stereocenters. The van der Waals surface area contributed by atoms with Gasteiger partial charge in [0.25, 0.3) is 0 Å². The van der Waals surface area contributed by atoms with Crippen molar-refractivity contribution < 1.29 is 8.42 Å². The zero-order valence-corrected chi connectivity index (χ0v) is 16.4. The number of rotatable bonds is 3. The average Bonchev–Trinajstić information content (AvgIpc) is 2.63. The minimum Gasteiger partial charge on any atom is -0.346 e. The first-order chi connectivity index (χ1) is 12.0. The van der Waals surface area contributed by atoms with Crippen LogP contribution in [0.3, 0.4) is 0 Å². The fourth-order valence-corrected chi connectivity index (χ4v) is 5.47. The summed E-state index contributed by atoms with van der Waals surface area (Å²) in [6, 6.07) is 7.41. The highest BCUT2D eigenvalue weighted by molar-refractivity contribution is 7.89. The molecule has 0 bridgehead atoms. The molecule has 1 N–H and O–H groups in total. The highest BCUT2D eigenvalue weighted by Crippen LogP contribution is 2.23. The molecule has 2 fully saturated rings. The molecule has 5 nitrogen and oxygen atoms in total. The molecular formula is C18H27N3O2S2. The van der Waals surface area contributed by atoms with E-state index in [4.69, 9.17) is 12.2 Å². The van der Waals surface area contributed by atoms with E-state index in [-0.39, 0.29) is 0 Å². The third-order valence-corrected chi connectivity index (χ3v) is 7.37. The van der Waals surface area contributed by atoms with Gasteiger partial charge in [-0.05, 0) is 75.5 Å². The predicted molar refractivity (Wildman–Crippen MR) is 105 cm³/mol. The van der Waals surface area contributed by atoms with Crippen molar-refractivity contribution in [1.29, 1.82) is 0 Å². The van der Waals surface area contributed by atoms with Crippen LogP contribution in [-0.4, -0.2) is 48.4 Å². The van der Waals surface area contributed by atoms with Crippen LogP contribution >= 0.6 is 12.2 Å². The lowest BCUT2D eigenvalue weighted by atomic mass is 10.0. The Hall–Kier alpha value is -1.18. The number of nitrogens with one attached hydrogen (secondary N) is 1. The van der Waals surface area contributed by atoms with E-state index in [1.165, 1.54) is 12.8 Å². The minimum absolute atomic E-state index is 0.359. The number of hydrogen-bond acceptors (Lipinski definition) is 3. The van der Waals surface area contributed by atoms with Crippen LogP contribution < -0.4 is 5.32 Å². The van der Waals surface area contributed by atoms with Gasteiger partial charge in [0.1, 0.15) is 0 Å². The molecule has 0 aromatic heterocycles. The molecule has 0 aliphatic carbocycles. The van der Waals surface area contributed by atoms with Gasteiger partial charge in [-0.2, -0.15) is 4.31 Å². The number of hydrogen-bond donors (Lipinski definition) is 1. The van der Waals surface area contributed by atoms with Gasteiger partial charge in [0.15, 0.2) is 5.11 Å². The van der Waals surface area contributed by atoms with E-state index in [1.54, 1.807) is 28.6 Å². The molecule has 1 aromatic carbocycles. The van der Waals surface area contributed by atoms with Gasteiger partial charge in [-0.1, -0.05) is 6.42 Å². The van der Waals surface area contributed by atoms with E-state index < -0.39 is 10.0 Å². The lowest BCUT2D eigenvalue weighted by Crippen LogP contribution is -2.44. The van der Waals surface area contributed by atoms with Gasteiger partial charge in [-0.15, -0.1) is 0 Å². The second kappa shape index (κ2) is 8.01. The Kier molecular flexibility index (Phi) is 5.96. The van der Waals surface area contributed by atoms with Gasteiger partial charge in [0, 0.05) is 31.4 Å². The van der Waals surface area contributed by atoms with Crippen molar-refractivity contribution in [2.24, 2.45) is 0 Å². The summed E-state index contributed by atoms with van der Waals surface area (Å²) < 4.78 is 27.0. The normalized spacial score (nSPS) is 22.6. The first kappa shape index (κ1) is 18.6. The predicted octanol–water partition coefficient (Wildman–Crippen LogP) is 3.43. The number of anilines is 1. The fraction of sp³-hybridized carbons (Fsp3) is 0.611. The van der Waals surface area contributed by atoms with Crippen LogP contribution in [0.15, 0.2) is 29.2 Å². The summed E-state index contributed by atoms with van der Waals surface area (Å²) in [6.07, 6.45) is 6.58. The molecule has 1 aromatic rings. The summed E-state index contributed by atoms with van der Waals surface area (Å²) in [5.74, 6) is 0. The topological polar surface area (TPSA) is 52.7 Å². The highest BCUT2D eigenvalue weighted by atomic mass is 32.2. The first-order valence-electron chi connectivity index (χ1n) is 9.16. The summed E-state index contributed by atoms with van der Waals surface area (Å²) in [5.41, 5.74) is 0.834. The van der Waals surface area contributed by atoms with E-state index >= 15 is 0 Å². The molecule has 3 rings (SSSR count). The van der Waals surface area contributed by atoms with E-state index in [9.17, 15) is 8.42 Å². The van der Waals surface area contributed by atoms with Gasteiger partial charge in [-0.25, -0.2) is 8.42 Å². The second-order valence-electron chi connectivity index (χ2n) is 6.96. The Morgan fingerprint density at radius 1 is 1.04 bits per heavy atom. The lowest BCUT2D eigenvalue weighted by Gasteiger charge is -2.35. The Morgan fingerprint density at radius 2 is 1.68 bits per heavy atom. The van der Waals surface area contributed by atoms with E-state index in [0.29, 0.717) is 24.0 Å². The summed E-state index contributed by atoms with van der Waals surface area (Å²) in [5, 5.41) is 3.97. The van der Waals surface area contributed by atoms with E-state index in [0.717, 1.165) is 43.0 Å². The molecule has 138 valence electrons. The molecule has 2 saturated heterocycles. The van der Waals surface area contributed by atoms with Gasteiger partial charge >= 0.3 is 0 Å². The highest BCUT2D eigenvalue weighted by Gasteiger charge is 2.26. The largest absolute Gasteiger partial charge is 0.346 e. The third-order valence-electron chi connectivity index (χ3n) is 5.12. The number of benzene rings is 1. The van der Waals surface area contributed by atoms with E-state index in [1.807, 2.05) is 0 Å². The number of thiocarbonyl (C=S) groups is 1. The van der Waals surface area contributed by atoms with Crippen LogP contribution in [0, 0.1) is 0 Å². The Labute approximate surface area is 156 Å². The zero-order valence-electron chi connectivity index (χ0n) is 14.8. The van der Waals surface area contributed by atoms with Crippen LogP contribution in [0.4, 0.5) is 5.69 Å². The standard InChI is InChI=1S/C18H27N3O2S2/c1-15-7-3-6-14-21(15)18(24)19-16-8-10-17(11-9-16)25(22,23)20-12-4-2-5-13-20/h8-11,15H,2-7,12-14H2,1H3,(H,19,24)/t15-/m0/s1. The molecule has 0 amide bonds. The van der Waals surface area contributed by atoms with Crippen molar-refractivity contribution in [3.05, 3.63) is 24.3 Å². The summed E-state index contributed by atoms with van der Waals surface area (Å²) in [7, 11) is -3.37. The Bertz CT molecular complexity index is 698. The second-order valence-corrected chi connectivity index (χ2v) is 9.28. The van der Waals surface area contributed by atoms with Gasteiger partial charge in [0.05, 0.1) is 4.90 Å². The third kappa shape index (κ3) is 4.33. The van der Waals surface area contributed by atoms with Crippen molar-refractivity contribution in [2.75, 3.05) is 25.0 Å². The van der Waals surface area contributed by atoms with Crippen molar-refractivity contribution in [2.45, 2.75) is 56.4 Å². The smallest absolute Gasteiger partial charge is 0.243 e. The molecule has 0 radical (unpaired) electrons. The molecule has 2 heterocycles. The number of nitrogens with zero attached hydrogens (tertiary/aromatic N) is 2. The fourth-order valence-electron chi connectivity index (χ4n) is 3.56. The Morgan fingerprint density at radius 3 is 2.32 bits per heavy atom. The monoisotopic (exact) mass is 381 g/mol. The molecule has 0 spiro atoms. The van der Waals surface area contributed by atoms with Crippen LogP contribution in [0.2, 0.25) is 0 Å². The van der Waals surface area contributed by atoms with Gasteiger partial charge in [0.2, 0.25) is 10.0 Å². The Balaban J connectivity index is 1.66. The van der Waals surface area contributed by atoms with Crippen LogP contribution in [0.1, 0.15) is 45.4 Å². The maximum atomic E-state index is 12.7. The van der Waals surface area contributed by atoms with Crippen LogP contribution in [0.5, 0.6) is 0 Å². The number of piperidine rings is 2.